The van der Waals surface area contributed by atoms with Crippen molar-refractivity contribution in [3.63, 3.8) is 0 Å². The first-order chi connectivity index (χ1) is 10.5. The minimum absolute atomic E-state index is 0.0315. The molecule has 3 nitrogen and oxygen atoms in total. The predicted molar refractivity (Wildman–Crippen MR) is 85.8 cm³/mol. The van der Waals surface area contributed by atoms with Crippen molar-refractivity contribution in [2.75, 3.05) is 6.61 Å². The first-order valence-corrected chi connectivity index (χ1v) is 7.72. The van der Waals surface area contributed by atoms with E-state index < -0.39 is 5.97 Å². The van der Waals surface area contributed by atoms with Crippen LogP contribution in [0.4, 0.5) is 4.39 Å². The van der Waals surface area contributed by atoms with E-state index in [0.29, 0.717) is 21.3 Å². The summed E-state index contributed by atoms with van der Waals surface area (Å²) in [5.41, 5.74) is 0.733. The molecule has 0 aliphatic heterocycles. The normalized spacial score (nSPS) is 10.4. The molecule has 0 heterocycles. The lowest BCUT2D eigenvalue weighted by Crippen LogP contribution is -2.05. The molecule has 0 bridgehead atoms. The Balaban J connectivity index is 2.18. The van der Waals surface area contributed by atoms with E-state index in [-0.39, 0.29) is 24.1 Å². The zero-order valence-electron chi connectivity index (χ0n) is 11.7. The average Bonchev–Trinajstić information content (AvgIpc) is 2.48. The van der Waals surface area contributed by atoms with E-state index in [9.17, 15) is 9.18 Å². The second kappa shape index (κ2) is 7.61. The fourth-order valence-corrected chi connectivity index (χ4v) is 2.76. The molecule has 0 unspecified atom stereocenters. The molecule has 0 fully saturated rings. The van der Waals surface area contributed by atoms with Crippen LogP contribution in [-0.4, -0.2) is 12.6 Å². The Bertz CT molecular complexity index is 668. The summed E-state index contributed by atoms with van der Waals surface area (Å²) in [6.07, 6.45) is 0. The summed E-state index contributed by atoms with van der Waals surface area (Å²) in [7, 11) is 0. The van der Waals surface area contributed by atoms with E-state index in [4.69, 9.17) is 21.1 Å². The molecular formula is C16H13BrClFO3. The largest absolute Gasteiger partial charge is 0.486 e. The zero-order chi connectivity index (χ0) is 16.1. The number of carbonyl (C=O) groups is 1. The molecule has 0 saturated carbocycles. The van der Waals surface area contributed by atoms with Crippen molar-refractivity contribution in [2.24, 2.45) is 0 Å². The Labute approximate surface area is 141 Å². The van der Waals surface area contributed by atoms with Crippen molar-refractivity contribution in [3.8, 4) is 5.75 Å². The van der Waals surface area contributed by atoms with E-state index in [1.807, 2.05) is 0 Å². The maximum absolute atomic E-state index is 13.6. The summed E-state index contributed by atoms with van der Waals surface area (Å²) < 4.78 is 24.5. The molecule has 0 aliphatic carbocycles. The van der Waals surface area contributed by atoms with Gasteiger partial charge in [-0.05, 0) is 41.1 Å². The van der Waals surface area contributed by atoms with Crippen LogP contribution in [0.1, 0.15) is 22.8 Å². The molecule has 0 spiro atoms. The van der Waals surface area contributed by atoms with Crippen LogP contribution in [0.5, 0.6) is 5.75 Å². The van der Waals surface area contributed by atoms with E-state index in [1.54, 1.807) is 31.2 Å². The molecule has 116 valence electrons. The molecule has 0 saturated heterocycles. The van der Waals surface area contributed by atoms with Crippen molar-refractivity contribution in [2.45, 2.75) is 13.5 Å². The van der Waals surface area contributed by atoms with Gasteiger partial charge in [-0.1, -0.05) is 29.8 Å². The third kappa shape index (κ3) is 3.99. The fraction of sp³-hybridized carbons (Fsp3) is 0.188. The van der Waals surface area contributed by atoms with Gasteiger partial charge in [0.15, 0.2) is 5.75 Å². The van der Waals surface area contributed by atoms with Crippen molar-refractivity contribution in [3.05, 3.63) is 62.8 Å². The van der Waals surface area contributed by atoms with Crippen LogP contribution in [-0.2, 0) is 11.3 Å². The summed E-state index contributed by atoms with van der Waals surface area (Å²) in [6.45, 7) is 2.03. The molecule has 0 radical (unpaired) electrons. The Kier molecular flexibility index (Phi) is 5.80. The number of ether oxygens (including phenoxy) is 2. The maximum Gasteiger partial charge on any atom is 0.338 e. The van der Waals surface area contributed by atoms with Crippen LogP contribution < -0.4 is 4.74 Å². The standard InChI is InChI=1S/C16H13BrClFO3/c1-2-21-16(20)11-7-12(17)15(13(18)8-11)22-9-10-5-3-4-6-14(10)19/h3-8H,2,9H2,1H3. The van der Waals surface area contributed by atoms with Gasteiger partial charge < -0.3 is 9.47 Å². The first kappa shape index (κ1) is 16.8. The number of benzene rings is 2. The highest BCUT2D eigenvalue weighted by molar-refractivity contribution is 9.10. The average molecular weight is 388 g/mol. The molecule has 2 aromatic carbocycles. The zero-order valence-corrected chi connectivity index (χ0v) is 14.1. The van der Waals surface area contributed by atoms with Gasteiger partial charge in [0.05, 0.1) is 21.7 Å². The molecule has 0 N–H and O–H groups in total. The SMILES string of the molecule is CCOC(=O)c1cc(Cl)c(OCc2ccccc2F)c(Br)c1. The lowest BCUT2D eigenvalue weighted by atomic mass is 10.2. The number of carbonyl (C=O) groups excluding carboxylic acids is 1. The van der Waals surface area contributed by atoms with Gasteiger partial charge in [-0.15, -0.1) is 0 Å². The van der Waals surface area contributed by atoms with Gasteiger partial charge >= 0.3 is 5.97 Å². The highest BCUT2D eigenvalue weighted by atomic mass is 79.9. The number of rotatable bonds is 5. The fourth-order valence-electron chi connectivity index (χ4n) is 1.80. The van der Waals surface area contributed by atoms with Crippen LogP contribution in [0.2, 0.25) is 5.02 Å². The van der Waals surface area contributed by atoms with Crippen molar-refractivity contribution in [1.82, 2.24) is 0 Å². The highest BCUT2D eigenvalue weighted by Crippen LogP contribution is 2.35. The van der Waals surface area contributed by atoms with Crippen molar-refractivity contribution < 1.29 is 18.7 Å². The number of hydrogen-bond acceptors (Lipinski definition) is 3. The summed E-state index contributed by atoms with van der Waals surface area (Å²) in [4.78, 5) is 11.7. The lowest BCUT2D eigenvalue weighted by molar-refractivity contribution is 0.0526. The van der Waals surface area contributed by atoms with Gasteiger partial charge in [0.2, 0.25) is 0 Å². The van der Waals surface area contributed by atoms with Crippen LogP contribution in [0.25, 0.3) is 0 Å². The second-order valence-corrected chi connectivity index (χ2v) is 5.63. The summed E-state index contributed by atoms with van der Waals surface area (Å²) in [5, 5.41) is 0.244. The Hall–Kier alpha value is -1.59. The molecule has 22 heavy (non-hydrogen) atoms. The molecule has 0 aromatic heterocycles. The Morgan fingerprint density at radius 2 is 2.05 bits per heavy atom. The summed E-state index contributed by atoms with van der Waals surface area (Å²) >= 11 is 9.43. The van der Waals surface area contributed by atoms with E-state index in [2.05, 4.69) is 15.9 Å². The molecular weight excluding hydrogens is 375 g/mol. The van der Waals surface area contributed by atoms with Crippen molar-refractivity contribution in [1.29, 1.82) is 0 Å². The molecule has 0 amide bonds. The maximum atomic E-state index is 13.6. The topological polar surface area (TPSA) is 35.5 Å². The Morgan fingerprint density at radius 3 is 2.68 bits per heavy atom. The van der Waals surface area contributed by atoms with Gasteiger partial charge in [-0.25, -0.2) is 9.18 Å². The summed E-state index contributed by atoms with van der Waals surface area (Å²) in [6, 6.07) is 9.34. The molecule has 2 aromatic rings. The number of esters is 1. The molecule has 2 rings (SSSR count). The van der Waals surface area contributed by atoms with Gasteiger partial charge in [-0.2, -0.15) is 0 Å². The van der Waals surface area contributed by atoms with E-state index in [0.717, 1.165) is 0 Å². The smallest absolute Gasteiger partial charge is 0.338 e. The number of halogens is 3. The van der Waals surface area contributed by atoms with Crippen molar-refractivity contribution >= 4 is 33.5 Å². The second-order valence-electron chi connectivity index (χ2n) is 4.37. The van der Waals surface area contributed by atoms with Crippen LogP contribution in [0, 0.1) is 5.82 Å². The highest BCUT2D eigenvalue weighted by Gasteiger charge is 2.15. The first-order valence-electron chi connectivity index (χ1n) is 6.55. The van der Waals surface area contributed by atoms with Gasteiger partial charge in [0.1, 0.15) is 12.4 Å². The van der Waals surface area contributed by atoms with E-state index in [1.165, 1.54) is 12.1 Å². The third-order valence-corrected chi connectivity index (χ3v) is 3.71. The molecule has 6 heteroatoms. The quantitative estimate of drug-likeness (QED) is 0.678. The monoisotopic (exact) mass is 386 g/mol. The van der Waals surface area contributed by atoms with E-state index >= 15 is 0 Å². The van der Waals surface area contributed by atoms with Crippen LogP contribution >= 0.6 is 27.5 Å². The van der Waals surface area contributed by atoms with Gasteiger partial charge in [-0.3, -0.25) is 0 Å². The summed E-state index contributed by atoms with van der Waals surface area (Å²) in [5.74, 6) is -0.471. The third-order valence-electron chi connectivity index (χ3n) is 2.84. The predicted octanol–water partition coefficient (Wildman–Crippen LogP) is 5.00. The van der Waals surface area contributed by atoms with Crippen LogP contribution in [0.15, 0.2) is 40.9 Å². The van der Waals surface area contributed by atoms with Crippen LogP contribution in [0.3, 0.4) is 0 Å². The molecule has 0 atom stereocenters. The molecule has 0 aliphatic rings. The lowest BCUT2D eigenvalue weighted by Gasteiger charge is -2.12. The Morgan fingerprint density at radius 1 is 1.32 bits per heavy atom. The minimum atomic E-state index is -0.467. The number of hydrogen-bond donors (Lipinski definition) is 0. The van der Waals surface area contributed by atoms with Gasteiger partial charge in [0, 0.05) is 5.56 Å². The minimum Gasteiger partial charge on any atom is -0.486 e. The van der Waals surface area contributed by atoms with Gasteiger partial charge in [0.25, 0.3) is 0 Å².